The third-order valence-corrected chi connectivity index (χ3v) is 7.61. The van der Waals surface area contributed by atoms with Crippen LogP contribution in [0.4, 0.5) is 11.6 Å². The van der Waals surface area contributed by atoms with Gasteiger partial charge in [-0.1, -0.05) is 6.07 Å². The normalized spacial score (nSPS) is 17.2. The van der Waals surface area contributed by atoms with Gasteiger partial charge in [0, 0.05) is 51.3 Å². The molecule has 36 heavy (non-hydrogen) atoms. The molecule has 2 saturated heterocycles. The molecule has 5 rings (SSSR count). The van der Waals surface area contributed by atoms with Gasteiger partial charge in [0.1, 0.15) is 24.4 Å². The minimum absolute atomic E-state index is 0.00230. The van der Waals surface area contributed by atoms with Crippen LogP contribution in [-0.4, -0.2) is 90.4 Å². The number of nitrogens with zero attached hydrogens (tertiary/aromatic N) is 7. The summed E-state index contributed by atoms with van der Waals surface area (Å²) in [6.45, 7) is 6.30. The molecule has 0 atom stereocenters. The van der Waals surface area contributed by atoms with Crippen LogP contribution >= 0.6 is 11.3 Å². The molecule has 0 saturated carbocycles. The summed E-state index contributed by atoms with van der Waals surface area (Å²) >= 11 is 1.66. The maximum absolute atomic E-state index is 12.7. The first-order valence-corrected chi connectivity index (χ1v) is 13.3. The lowest BCUT2D eigenvalue weighted by molar-refractivity contribution is -0.125. The number of nitrogens with one attached hydrogen (secondary N) is 1. The van der Waals surface area contributed by atoms with Crippen LogP contribution in [0.15, 0.2) is 42.0 Å². The van der Waals surface area contributed by atoms with E-state index in [-0.39, 0.29) is 11.8 Å². The molecule has 1 amide bonds. The highest BCUT2D eigenvalue weighted by Gasteiger charge is 2.25. The van der Waals surface area contributed by atoms with Gasteiger partial charge in [0.25, 0.3) is 0 Å². The maximum Gasteiger partial charge on any atom is 0.223 e. The molecular weight excluding hydrogens is 476 g/mol. The van der Waals surface area contributed by atoms with Gasteiger partial charge in [-0.2, -0.15) is 0 Å². The highest BCUT2D eigenvalue weighted by Crippen LogP contribution is 2.25. The van der Waals surface area contributed by atoms with E-state index in [1.165, 1.54) is 6.33 Å². The van der Waals surface area contributed by atoms with Crippen LogP contribution in [0.25, 0.3) is 10.6 Å². The molecule has 0 radical (unpaired) electrons. The maximum atomic E-state index is 12.7. The van der Waals surface area contributed by atoms with Gasteiger partial charge in [0.05, 0.1) is 11.4 Å². The molecule has 5 heterocycles. The van der Waals surface area contributed by atoms with E-state index in [2.05, 4.69) is 47.2 Å². The number of hydrogen-bond donors (Lipinski definition) is 1. The molecule has 1 N–H and O–H groups in total. The zero-order valence-corrected chi connectivity index (χ0v) is 21.4. The SMILES string of the molecule is CN1CCN(c2cc(OCCNC(=O)C3CCN(c4ccc(-c5cccs5)nn4)CC3)ncn2)CC1. The second-order valence-electron chi connectivity index (χ2n) is 9.16. The molecule has 190 valence electrons. The number of likely N-dealkylation sites (N-methyl/N-ethyl adjacent to an activating group) is 1. The van der Waals surface area contributed by atoms with E-state index in [0.29, 0.717) is 19.0 Å². The summed E-state index contributed by atoms with van der Waals surface area (Å²) in [5.74, 6) is 2.37. The first-order valence-electron chi connectivity index (χ1n) is 12.4. The third kappa shape index (κ3) is 6.08. The number of anilines is 2. The monoisotopic (exact) mass is 508 g/mol. The van der Waals surface area contributed by atoms with E-state index in [9.17, 15) is 4.79 Å². The van der Waals surface area contributed by atoms with Crippen molar-refractivity contribution in [2.24, 2.45) is 5.92 Å². The van der Waals surface area contributed by atoms with Gasteiger partial charge in [-0.05, 0) is 43.5 Å². The van der Waals surface area contributed by atoms with E-state index in [0.717, 1.165) is 74.3 Å². The third-order valence-electron chi connectivity index (χ3n) is 6.72. The lowest BCUT2D eigenvalue weighted by Crippen LogP contribution is -2.44. The van der Waals surface area contributed by atoms with Gasteiger partial charge in [0.15, 0.2) is 5.82 Å². The molecule has 0 unspecified atom stereocenters. The number of piperazine rings is 1. The Bertz CT molecular complexity index is 1110. The smallest absolute Gasteiger partial charge is 0.223 e. The summed E-state index contributed by atoms with van der Waals surface area (Å²) in [5, 5.41) is 13.8. The van der Waals surface area contributed by atoms with Crippen molar-refractivity contribution in [2.75, 3.05) is 69.3 Å². The van der Waals surface area contributed by atoms with Crippen LogP contribution in [0.1, 0.15) is 12.8 Å². The fraction of sp³-hybridized carbons (Fsp3) is 0.480. The summed E-state index contributed by atoms with van der Waals surface area (Å²) < 4.78 is 5.78. The largest absolute Gasteiger partial charge is 0.476 e. The second-order valence-corrected chi connectivity index (χ2v) is 10.1. The first-order chi connectivity index (χ1) is 17.7. The number of piperidine rings is 1. The summed E-state index contributed by atoms with van der Waals surface area (Å²) in [7, 11) is 2.13. The molecule has 2 aliphatic rings. The fourth-order valence-corrected chi connectivity index (χ4v) is 5.20. The zero-order chi connectivity index (χ0) is 24.7. The van der Waals surface area contributed by atoms with Crippen LogP contribution < -0.4 is 19.9 Å². The Morgan fingerprint density at radius 3 is 2.56 bits per heavy atom. The number of ether oxygens (including phenoxy) is 1. The van der Waals surface area contributed by atoms with Crippen molar-refractivity contribution < 1.29 is 9.53 Å². The van der Waals surface area contributed by atoms with Gasteiger partial charge in [-0.25, -0.2) is 9.97 Å². The fourth-order valence-electron chi connectivity index (χ4n) is 4.51. The van der Waals surface area contributed by atoms with Crippen LogP contribution in [0, 0.1) is 5.92 Å². The molecule has 2 aliphatic heterocycles. The average Bonchev–Trinajstić information content (AvgIpc) is 3.47. The summed E-state index contributed by atoms with van der Waals surface area (Å²) in [5.41, 5.74) is 0.891. The van der Waals surface area contributed by atoms with E-state index >= 15 is 0 Å². The highest BCUT2D eigenvalue weighted by molar-refractivity contribution is 7.13. The Morgan fingerprint density at radius 1 is 1.03 bits per heavy atom. The van der Waals surface area contributed by atoms with Crippen molar-refractivity contribution in [3.63, 3.8) is 0 Å². The zero-order valence-electron chi connectivity index (χ0n) is 20.5. The number of rotatable bonds is 8. The van der Waals surface area contributed by atoms with Crippen molar-refractivity contribution in [2.45, 2.75) is 12.8 Å². The van der Waals surface area contributed by atoms with Gasteiger partial charge in [-0.15, -0.1) is 21.5 Å². The quantitative estimate of drug-likeness (QED) is 0.459. The predicted octanol–water partition coefficient (Wildman–Crippen LogP) is 2.16. The minimum Gasteiger partial charge on any atom is -0.476 e. The minimum atomic E-state index is 0.00230. The van der Waals surface area contributed by atoms with E-state index in [1.54, 1.807) is 11.3 Å². The van der Waals surface area contributed by atoms with E-state index < -0.39 is 0 Å². The molecule has 2 fully saturated rings. The lowest BCUT2D eigenvalue weighted by atomic mass is 9.96. The number of hydrogen-bond acceptors (Lipinski definition) is 10. The van der Waals surface area contributed by atoms with E-state index in [1.807, 2.05) is 35.7 Å². The lowest BCUT2D eigenvalue weighted by Gasteiger charge is -2.33. The highest BCUT2D eigenvalue weighted by atomic mass is 32.1. The Hall–Kier alpha value is -3.31. The second kappa shape index (κ2) is 11.6. The number of carbonyl (C=O) groups is 1. The molecule has 0 aromatic carbocycles. The molecule has 10 nitrogen and oxygen atoms in total. The topological polar surface area (TPSA) is 99.6 Å². The Morgan fingerprint density at radius 2 is 1.83 bits per heavy atom. The number of amides is 1. The Balaban J connectivity index is 1.02. The van der Waals surface area contributed by atoms with Gasteiger partial charge in [-0.3, -0.25) is 4.79 Å². The first kappa shape index (κ1) is 24.4. The Kier molecular flexibility index (Phi) is 7.87. The standard InChI is InChI=1S/C25H32N8O2S/c1-31-11-13-33(14-12-31)23-17-24(28-18-27-23)35-15-8-26-25(34)19-6-9-32(10-7-19)22-5-4-20(29-30-22)21-3-2-16-36-21/h2-5,16-19H,6-15H2,1H3,(H,26,34). The summed E-state index contributed by atoms with van der Waals surface area (Å²) in [6.07, 6.45) is 3.12. The molecule has 11 heteroatoms. The number of thiophene rings is 1. The molecule has 3 aromatic rings. The average molecular weight is 509 g/mol. The van der Waals surface area contributed by atoms with Crippen LogP contribution in [0.5, 0.6) is 5.88 Å². The molecule has 0 aliphatic carbocycles. The van der Waals surface area contributed by atoms with Crippen LogP contribution in [0.3, 0.4) is 0 Å². The molecule has 3 aromatic heterocycles. The van der Waals surface area contributed by atoms with Crippen LogP contribution in [0.2, 0.25) is 0 Å². The van der Waals surface area contributed by atoms with Crippen molar-refractivity contribution in [3.8, 4) is 16.5 Å². The molecule has 0 spiro atoms. The molecule has 0 bridgehead atoms. The van der Waals surface area contributed by atoms with Crippen LogP contribution in [-0.2, 0) is 4.79 Å². The van der Waals surface area contributed by atoms with Gasteiger partial charge < -0.3 is 24.8 Å². The molecular formula is C25H32N8O2S. The van der Waals surface area contributed by atoms with Gasteiger partial charge >= 0.3 is 0 Å². The van der Waals surface area contributed by atoms with E-state index in [4.69, 9.17) is 4.74 Å². The Labute approximate surface area is 215 Å². The van der Waals surface area contributed by atoms with Gasteiger partial charge in [0.2, 0.25) is 11.8 Å². The van der Waals surface area contributed by atoms with Crippen molar-refractivity contribution in [1.29, 1.82) is 0 Å². The van der Waals surface area contributed by atoms with Crippen molar-refractivity contribution >= 4 is 28.9 Å². The number of aromatic nitrogens is 4. The summed E-state index contributed by atoms with van der Waals surface area (Å²) in [4.78, 5) is 29.1. The number of carbonyl (C=O) groups excluding carboxylic acids is 1. The van der Waals surface area contributed by atoms with Crippen molar-refractivity contribution in [3.05, 3.63) is 42.0 Å². The van der Waals surface area contributed by atoms with Crippen molar-refractivity contribution in [1.82, 2.24) is 30.4 Å². The predicted molar refractivity (Wildman–Crippen MR) is 141 cm³/mol. The summed E-state index contributed by atoms with van der Waals surface area (Å²) in [6, 6.07) is 9.96.